The molecule has 0 aromatic heterocycles. The fourth-order valence-electron chi connectivity index (χ4n) is 2.47. The van der Waals surface area contributed by atoms with Crippen molar-refractivity contribution in [2.45, 2.75) is 39.5 Å². The quantitative estimate of drug-likeness (QED) is 0.614. The van der Waals surface area contributed by atoms with Crippen LogP contribution >= 0.6 is 0 Å². The summed E-state index contributed by atoms with van der Waals surface area (Å²) in [6.07, 6.45) is 8.89. The molecule has 2 N–H and O–H groups in total. The molecule has 1 unspecified atom stereocenters. The van der Waals surface area contributed by atoms with Crippen molar-refractivity contribution >= 4 is 11.6 Å². The minimum Gasteiger partial charge on any atom is -0.515 e. The number of hydrogen-bond donors (Lipinski definition) is 2. The van der Waals surface area contributed by atoms with E-state index in [2.05, 4.69) is 29.4 Å². The van der Waals surface area contributed by atoms with Crippen molar-refractivity contribution in [2.24, 2.45) is 10.9 Å². The number of hydrogen-bond acceptors (Lipinski definition) is 3. The predicted molar refractivity (Wildman–Crippen MR) is 80.6 cm³/mol. The van der Waals surface area contributed by atoms with Crippen molar-refractivity contribution in [2.75, 3.05) is 6.54 Å². The molecule has 0 saturated carbocycles. The van der Waals surface area contributed by atoms with Crippen LogP contribution in [0.15, 0.2) is 40.2 Å². The van der Waals surface area contributed by atoms with E-state index in [0.29, 0.717) is 11.6 Å². The number of carbonyl (C=O) groups excluding carboxylic acids is 1. The lowest BCUT2D eigenvalue weighted by molar-refractivity contribution is -0.116. The van der Waals surface area contributed by atoms with Crippen LogP contribution in [0.5, 0.6) is 0 Å². The minimum absolute atomic E-state index is 0.277. The SMILES string of the molecule is CC1=CCC(C)C=C1NC(=O)C(=CO)C1=NCCCC1. The number of aliphatic imine (C=N–C) groups is 1. The highest BCUT2D eigenvalue weighted by Gasteiger charge is 2.20. The lowest BCUT2D eigenvalue weighted by Crippen LogP contribution is -2.30. The van der Waals surface area contributed by atoms with E-state index in [9.17, 15) is 9.90 Å². The zero-order valence-electron chi connectivity index (χ0n) is 12.1. The largest absolute Gasteiger partial charge is 0.515 e. The molecule has 0 radical (unpaired) electrons. The van der Waals surface area contributed by atoms with Gasteiger partial charge in [-0.25, -0.2) is 0 Å². The van der Waals surface area contributed by atoms with Gasteiger partial charge in [0, 0.05) is 12.2 Å². The summed E-state index contributed by atoms with van der Waals surface area (Å²) in [6.45, 7) is 4.83. The van der Waals surface area contributed by atoms with Gasteiger partial charge in [0.15, 0.2) is 0 Å². The number of nitrogens with one attached hydrogen (secondary N) is 1. The van der Waals surface area contributed by atoms with Crippen molar-refractivity contribution in [3.05, 3.63) is 35.3 Å². The Morgan fingerprint density at radius 2 is 2.30 bits per heavy atom. The molecular formula is C16H22N2O2. The van der Waals surface area contributed by atoms with Gasteiger partial charge in [0.05, 0.1) is 17.5 Å². The molecule has 108 valence electrons. The van der Waals surface area contributed by atoms with Crippen LogP contribution in [-0.2, 0) is 4.79 Å². The molecule has 0 spiro atoms. The summed E-state index contributed by atoms with van der Waals surface area (Å²) in [6, 6.07) is 0. The van der Waals surface area contributed by atoms with Gasteiger partial charge in [0.25, 0.3) is 5.91 Å². The number of aliphatic hydroxyl groups excluding tert-OH is 1. The summed E-state index contributed by atoms with van der Waals surface area (Å²) in [5, 5.41) is 12.3. The topological polar surface area (TPSA) is 61.7 Å². The van der Waals surface area contributed by atoms with E-state index < -0.39 is 0 Å². The first-order chi connectivity index (χ1) is 9.61. The van der Waals surface area contributed by atoms with Crippen LogP contribution in [-0.4, -0.2) is 23.3 Å². The van der Waals surface area contributed by atoms with Crippen molar-refractivity contribution in [3.63, 3.8) is 0 Å². The molecule has 1 heterocycles. The number of rotatable bonds is 3. The van der Waals surface area contributed by atoms with Crippen LogP contribution in [0.25, 0.3) is 0 Å². The lowest BCUT2D eigenvalue weighted by atomic mass is 9.96. The van der Waals surface area contributed by atoms with Crippen molar-refractivity contribution in [3.8, 4) is 0 Å². The van der Waals surface area contributed by atoms with Crippen LogP contribution in [0.1, 0.15) is 39.5 Å². The first-order valence-corrected chi connectivity index (χ1v) is 7.20. The lowest BCUT2D eigenvalue weighted by Gasteiger charge is -2.19. The Morgan fingerprint density at radius 3 is 2.95 bits per heavy atom. The Morgan fingerprint density at radius 1 is 1.50 bits per heavy atom. The second-order valence-electron chi connectivity index (χ2n) is 5.46. The van der Waals surface area contributed by atoms with Crippen LogP contribution in [0.2, 0.25) is 0 Å². The first kappa shape index (κ1) is 14.6. The van der Waals surface area contributed by atoms with E-state index in [1.165, 1.54) is 0 Å². The van der Waals surface area contributed by atoms with E-state index in [1.807, 2.05) is 6.92 Å². The Kier molecular flexibility index (Phi) is 4.77. The third-order valence-electron chi connectivity index (χ3n) is 3.73. The summed E-state index contributed by atoms with van der Waals surface area (Å²) >= 11 is 0. The summed E-state index contributed by atoms with van der Waals surface area (Å²) < 4.78 is 0. The van der Waals surface area contributed by atoms with Gasteiger partial charge in [-0.3, -0.25) is 9.79 Å². The van der Waals surface area contributed by atoms with Gasteiger partial charge in [-0.1, -0.05) is 19.1 Å². The fraction of sp³-hybridized carbons (Fsp3) is 0.500. The predicted octanol–water partition coefficient (Wildman–Crippen LogP) is 3.04. The third kappa shape index (κ3) is 3.38. The van der Waals surface area contributed by atoms with Gasteiger partial charge in [-0.15, -0.1) is 0 Å². The molecule has 0 saturated heterocycles. The molecule has 2 aliphatic rings. The normalized spacial score (nSPS) is 23.6. The molecule has 0 bridgehead atoms. The summed E-state index contributed by atoms with van der Waals surface area (Å²) in [4.78, 5) is 16.6. The van der Waals surface area contributed by atoms with Gasteiger partial charge in [0.1, 0.15) is 0 Å². The number of allylic oxidation sites excluding steroid dienone is 3. The van der Waals surface area contributed by atoms with E-state index in [4.69, 9.17) is 0 Å². The summed E-state index contributed by atoms with van der Waals surface area (Å²) in [7, 11) is 0. The van der Waals surface area contributed by atoms with E-state index in [-0.39, 0.29) is 11.5 Å². The fourth-order valence-corrected chi connectivity index (χ4v) is 2.47. The zero-order chi connectivity index (χ0) is 14.5. The van der Waals surface area contributed by atoms with Crippen LogP contribution in [0, 0.1) is 5.92 Å². The maximum absolute atomic E-state index is 12.3. The standard InChI is InChI=1S/C16H22N2O2/c1-11-6-7-12(2)15(9-11)18-16(20)13(10-19)14-5-3-4-8-17-14/h7,9-11,19H,3-6,8H2,1-2H3,(H,18,20). The van der Waals surface area contributed by atoms with Crippen LogP contribution in [0.4, 0.5) is 0 Å². The molecular weight excluding hydrogens is 252 g/mol. The smallest absolute Gasteiger partial charge is 0.260 e. The molecule has 1 aliphatic heterocycles. The van der Waals surface area contributed by atoms with Gasteiger partial charge < -0.3 is 10.4 Å². The second kappa shape index (κ2) is 6.55. The van der Waals surface area contributed by atoms with Crippen LogP contribution < -0.4 is 5.32 Å². The monoisotopic (exact) mass is 274 g/mol. The average molecular weight is 274 g/mol. The number of aliphatic hydroxyl groups is 1. The molecule has 1 aliphatic carbocycles. The van der Waals surface area contributed by atoms with E-state index >= 15 is 0 Å². The maximum atomic E-state index is 12.3. The Labute approximate surface area is 120 Å². The highest BCUT2D eigenvalue weighted by molar-refractivity contribution is 6.21. The maximum Gasteiger partial charge on any atom is 0.260 e. The molecule has 20 heavy (non-hydrogen) atoms. The summed E-state index contributed by atoms with van der Waals surface area (Å²) in [5.74, 6) is 0.142. The zero-order valence-corrected chi connectivity index (χ0v) is 12.1. The molecule has 4 heteroatoms. The van der Waals surface area contributed by atoms with Gasteiger partial charge in [-0.2, -0.15) is 0 Å². The van der Waals surface area contributed by atoms with E-state index in [0.717, 1.165) is 49.8 Å². The van der Waals surface area contributed by atoms with Crippen molar-refractivity contribution in [1.29, 1.82) is 0 Å². The average Bonchev–Trinajstić information content (AvgIpc) is 2.45. The first-order valence-electron chi connectivity index (χ1n) is 7.20. The van der Waals surface area contributed by atoms with Crippen molar-refractivity contribution < 1.29 is 9.90 Å². The van der Waals surface area contributed by atoms with E-state index in [1.54, 1.807) is 0 Å². The van der Waals surface area contributed by atoms with Gasteiger partial charge in [0.2, 0.25) is 0 Å². The van der Waals surface area contributed by atoms with Gasteiger partial charge >= 0.3 is 0 Å². The Bertz CT molecular complexity index is 513. The number of nitrogens with zero attached hydrogens (tertiary/aromatic N) is 1. The molecule has 0 aromatic carbocycles. The van der Waals surface area contributed by atoms with Gasteiger partial charge in [-0.05, 0) is 44.1 Å². The summed E-state index contributed by atoms with van der Waals surface area (Å²) in [5.41, 5.74) is 2.91. The number of carbonyl (C=O) groups is 1. The highest BCUT2D eigenvalue weighted by atomic mass is 16.2. The molecule has 1 amide bonds. The van der Waals surface area contributed by atoms with Crippen molar-refractivity contribution in [1.82, 2.24) is 5.32 Å². The minimum atomic E-state index is -0.277. The molecule has 1 atom stereocenters. The van der Waals surface area contributed by atoms with Crippen LogP contribution in [0.3, 0.4) is 0 Å². The third-order valence-corrected chi connectivity index (χ3v) is 3.73. The molecule has 0 fully saturated rings. The molecule has 0 aromatic rings. The number of amides is 1. The Balaban J connectivity index is 2.10. The second-order valence-corrected chi connectivity index (χ2v) is 5.46. The molecule has 2 rings (SSSR count). The molecule has 4 nitrogen and oxygen atoms in total. The Hall–Kier alpha value is -1.84. The highest BCUT2D eigenvalue weighted by Crippen LogP contribution is 2.21.